The Morgan fingerprint density at radius 2 is 1.71 bits per heavy atom. The molecule has 6 rings (SSSR count). The van der Waals surface area contributed by atoms with Gasteiger partial charge in [-0.1, -0.05) is 26.8 Å². The van der Waals surface area contributed by atoms with Crippen LogP contribution in [0.1, 0.15) is 32.8 Å². The van der Waals surface area contributed by atoms with Gasteiger partial charge in [0.05, 0.1) is 35.0 Å². The summed E-state index contributed by atoms with van der Waals surface area (Å²) in [4.78, 5) is 24.8. The Morgan fingerprint density at radius 1 is 0.911 bits per heavy atom. The van der Waals surface area contributed by atoms with Gasteiger partial charge in [-0.2, -0.15) is 5.10 Å². The molecule has 10 nitrogen and oxygen atoms in total. The second-order valence-corrected chi connectivity index (χ2v) is 14.2. The number of sulfonamides is 1. The third-order valence-electron chi connectivity index (χ3n) is 7.18. The highest BCUT2D eigenvalue weighted by atomic mass is 32.2. The molecule has 0 aliphatic carbocycles. The van der Waals surface area contributed by atoms with Gasteiger partial charge in [0.1, 0.15) is 11.5 Å². The van der Waals surface area contributed by atoms with Crippen molar-refractivity contribution in [2.45, 2.75) is 33.7 Å². The first kappa shape index (κ1) is 30.1. The highest BCUT2D eigenvalue weighted by Gasteiger charge is 2.18. The van der Waals surface area contributed by atoms with Crippen molar-refractivity contribution in [2.24, 2.45) is 5.41 Å². The zero-order chi connectivity index (χ0) is 31.9. The number of carbonyl (C=O) groups excluding carboxylic acids is 1. The lowest BCUT2D eigenvalue weighted by molar-refractivity contribution is -0.117. The Bertz CT molecular complexity index is 2180. The van der Waals surface area contributed by atoms with Crippen molar-refractivity contribution in [1.29, 1.82) is 0 Å². The lowest BCUT2D eigenvalue weighted by Gasteiger charge is -2.17. The van der Waals surface area contributed by atoms with Crippen LogP contribution in [-0.2, 0) is 21.4 Å². The van der Waals surface area contributed by atoms with Gasteiger partial charge in [-0.05, 0) is 65.1 Å². The summed E-state index contributed by atoms with van der Waals surface area (Å²) in [5.74, 6) is -0.563. The highest BCUT2D eigenvalue weighted by molar-refractivity contribution is 7.88. The number of aromatic amines is 2. The van der Waals surface area contributed by atoms with E-state index in [1.165, 1.54) is 12.1 Å². The minimum atomic E-state index is -3.44. The molecule has 4 N–H and O–H groups in total. The number of benzene rings is 2. The number of nitrogens with one attached hydrogen (secondary N) is 4. The Kier molecular flexibility index (Phi) is 7.71. The van der Waals surface area contributed by atoms with E-state index in [0.717, 1.165) is 44.9 Å². The van der Waals surface area contributed by atoms with Crippen molar-refractivity contribution >= 4 is 43.4 Å². The number of amides is 1. The van der Waals surface area contributed by atoms with E-state index in [-0.39, 0.29) is 17.9 Å². The summed E-state index contributed by atoms with van der Waals surface area (Å²) in [6.45, 7) is 6.01. The first-order valence-electron chi connectivity index (χ1n) is 14.3. The lowest BCUT2D eigenvalue weighted by atomic mass is 9.92. The topological polar surface area (TPSA) is 146 Å². The van der Waals surface area contributed by atoms with E-state index >= 15 is 0 Å². The molecule has 6 aromatic rings. The average molecular weight is 626 g/mol. The summed E-state index contributed by atoms with van der Waals surface area (Å²) in [7, 11) is -3.44. The quantitative estimate of drug-likeness (QED) is 0.154. The summed E-state index contributed by atoms with van der Waals surface area (Å²) < 4.78 is 40.2. The fourth-order valence-corrected chi connectivity index (χ4v) is 5.70. The van der Waals surface area contributed by atoms with Crippen LogP contribution in [0.3, 0.4) is 0 Å². The molecule has 1 amide bonds. The van der Waals surface area contributed by atoms with Crippen LogP contribution in [0.2, 0.25) is 0 Å². The second-order valence-electron chi connectivity index (χ2n) is 12.3. The smallest absolute Gasteiger partial charge is 0.224 e. The Labute approximate surface area is 259 Å². The highest BCUT2D eigenvalue weighted by Crippen LogP contribution is 2.35. The molecule has 45 heavy (non-hydrogen) atoms. The molecule has 0 saturated heterocycles. The molecule has 0 saturated carbocycles. The first-order chi connectivity index (χ1) is 21.3. The van der Waals surface area contributed by atoms with E-state index in [4.69, 9.17) is 0 Å². The predicted molar refractivity (Wildman–Crippen MR) is 174 cm³/mol. The Balaban J connectivity index is 1.34. The zero-order valence-electron chi connectivity index (χ0n) is 25.2. The molecule has 4 heterocycles. The molecule has 12 heteroatoms. The van der Waals surface area contributed by atoms with Crippen molar-refractivity contribution in [3.8, 4) is 33.8 Å². The Morgan fingerprint density at radius 3 is 2.49 bits per heavy atom. The van der Waals surface area contributed by atoms with Gasteiger partial charge < -0.3 is 10.3 Å². The van der Waals surface area contributed by atoms with Crippen molar-refractivity contribution in [2.75, 3.05) is 11.6 Å². The number of H-pyrrole nitrogens is 2. The third-order valence-corrected chi connectivity index (χ3v) is 7.85. The summed E-state index contributed by atoms with van der Waals surface area (Å²) in [5, 5.41) is 12.3. The summed E-state index contributed by atoms with van der Waals surface area (Å²) in [5.41, 5.74) is 6.82. The SMILES string of the molecule is CC(C)(C)CC(=O)Nc1cncc(-c2ccc3[nH]nc(-c4cc5c(-c6cc(F)cc(CNS(C)(=O)=O)c6)nccc5[nH]4)c3c2)c1. The predicted octanol–water partition coefficient (Wildman–Crippen LogP) is 6.40. The molecule has 2 aromatic carbocycles. The minimum absolute atomic E-state index is 0.0404. The van der Waals surface area contributed by atoms with Crippen LogP contribution in [0, 0.1) is 11.2 Å². The molecule has 4 aromatic heterocycles. The van der Waals surface area contributed by atoms with Crippen molar-refractivity contribution in [1.82, 2.24) is 29.9 Å². The number of rotatable bonds is 8. The van der Waals surface area contributed by atoms with E-state index in [9.17, 15) is 17.6 Å². The fraction of sp³-hybridized carbons (Fsp3) is 0.212. The Hall–Kier alpha value is -4.94. The van der Waals surface area contributed by atoms with Gasteiger partial charge in [0.25, 0.3) is 0 Å². The van der Waals surface area contributed by atoms with Gasteiger partial charge in [-0.3, -0.25) is 19.9 Å². The van der Waals surface area contributed by atoms with Crippen molar-refractivity contribution < 1.29 is 17.6 Å². The number of hydrogen-bond acceptors (Lipinski definition) is 6. The first-order valence-corrected chi connectivity index (χ1v) is 16.2. The molecule has 0 radical (unpaired) electrons. The van der Waals surface area contributed by atoms with Crippen LogP contribution in [-0.4, -0.2) is 45.7 Å². The number of anilines is 1. The fourth-order valence-electron chi connectivity index (χ4n) is 5.27. The normalized spacial score (nSPS) is 12.2. The molecular weight excluding hydrogens is 593 g/mol. The molecule has 0 aliphatic heterocycles. The van der Waals surface area contributed by atoms with Gasteiger partial charge in [0.2, 0.25) is 15.9 Å². The minimum Gasteiger partial charge on any atom is -0.353 e. The molecule has 0 bridgehead atoms. The van der Waals surface area contributed by atoms with E-state index in [1.807, 2.05) is 57.2 Å². The van der Waals surface area contributed by atoms with Crippen molar-refractivity contribution in [3.63, 3.8) is 0 Å². The number of carbonyl (C=O) groups is 1. The van der Waals surface area contributed by atoms with Gasteiger partial charge in [-0.25, -0.2) is 17.5 Å². The number of halogens is 1. The van der Waals surface area contributed by atoms with Crippen LogP contribution in [0.5, 0.6) is 0 Å². The monoisotopic (exact) mass is 625 g/mol. The number of aromatic nitrogens is 5. The number of hydrogen-bond donors (Lipinski definition) is 4. The third kappa shape index (κ3) is 6.92. The number of nitrogens with zero attached hydrogens (tertiary/aromatic N) is 3. The maximum absolute atomic E-state index is 14.6. The van der Waals surface area contributed by atoms with Crippen LogP contribution < -0.4 is 10.0 Å². The molecule has 0 fully saturated rings. The number of pyridine rings is 2. The van der Waals surface area contributed by atoms with Gasteiger partial charge in [0, 0.05) is 52.8 Å². The van der Waals surface area contributed by atoms with Gasteiger partial charge >= 0.3 is 0 Å². The van der Waals surface area contributed by atoms with Crippen molar-refractivity contribution in [3.05, 3.63) is 84.6 Å². The molecule has 0 unspecified atom stereocenters. The average Bonchev–Trinajstić information content (AvgIpc) is 3.58. The molecule has 0 aliphatic rings. The summed E-state index contributed by atoms with van der Waals surface area (Å²) in [6, 6.07) is 16.0. The lowest BCUT2D eigenvalue weighted by Crippen LogP contribution is -2.21. The molecule has 0 atom stereocenters. The maximum Gasteiger partial charge on any atom is 0.224 e. The summed E-state index contributed by atoms with van der Waals surface area (Å²) >= 11 is 0. The largest absolute Gasteiger partial charge is 0.353 e. The van der Waals surface area contributed by atoms with E-state index in [2.05, 4.69) is 35.2 Å². The van der Waals surface area contributed by atoms with Crippen LogP contribution in [0.15, 0.2) is 73.2 Å². The van der Waals surface area contributed by atoms with Gasteiger partial charge in [-0.15, -0.1) is 0 Å². The van der Waals surface area contributed by atoms with E-state index < -0.39 is 15.8 Å². The summed E-state index contributed by atoms with van der Waals surface area (Å²) in [6.07, 6.45) is 6.47. The van der Waals surface area contributed by atoms with E-state index in [1.54, 1.807) is 24.7 Å². The van der Waals surface area contributed by atoms with Crippen LogP contribution in [0.4, 0.5) is 10.1 Å². The van der Waals surface area contributed by atoms with Crippen LogP contribution >= 0.6 is 0 Å². The maximum atomic E-state index is 14.6. The molecule has 0 spiro atoms. The molecular formula is C33H32FN7O3S. The van der Waals surface area contributed by atoms with Crippen LogP contribution in [0.25, 0.3) is 55.6 Å². The molecule has 230 valence electrons. The standard InChI is InChI=1S/C33H32FN7O3S/c1-33(2,3)15-30(42)38-24-12-22(17-35-18-24)20-5-6-28-25(13-20)32(41-40-28)29-14-26-27(39-29)7-8-36-31(26)21-9-19(10-23(34)11-21)16-37-45(4,43)44/h5-14,17-18,37,39H,15-16H2,1-4H3,(H,38,42)(H,40,41). The second kappa shape index (κ2) is 11.5. The zero-order valence-corrected chi connectivity index (χ0v) is 26.0. The van der Waals surface area contributed by atoms with Gasteiger partial charge in [0.15, 0.2) is 0 Å². The van der Waals surface area contributed by atoms with E-state index in [0.29, 0.717) is 34.6 Å². The number of fused-ring (bicyclic) bond motifs is 2.